The van der Waals surface area contributed by atoms with Crippen LogP contribution in [0.1, 0.15) is 12.0 Å². The van der Waals surface area contributed by atoms with Crippen LogP contribution in [0.15, 0.2) is 60.7 Å². The van der Waals surface area contributed by atoms with Crippen molar-refractivity contribution in [2.24, 2.45) is 0 Å². The van der Waals surface area contributed by atoms with Gasteiger partial charge in [-0.3, -0.25) is 0 Å². The second-order valence-electron chi connectivity index (χ2n) is 5.31. The summed E-state index contributed by atoms with van der Waals surface area (Å²) in [5.74, 6) is 0. The number of hydrogen-bond donors (Lipinski definition) is 1. The molecule has 1 fully saturated rings. The first kappa shape index (κ1) is 15.7. The van der Waals surface area contributed by atoms with Gasteiger partial charge in [0.15, 0.2) is 0 Å². The minimum absolute atomic E-state index is 0.0621. The van der Waals surface area contributed by atoms with Crippen molar-refractivity contribution in [2.75, 3.05) is 6.61 Å². The van der Waals surface area contributed by atoms with E-state index in [9.17, 15) is 5.11 Å². The molecule has 0 unspecified atom stereocenters. The fraction of sp³-hybridized carbons (Fsp3) is 0.333. The summed E-state index contributed by atoms with van der Waals surface area (Å²) in [6.07, 6.45) is 0.541. The molecule has 3 rings (SSSR count). The fourth-order valence-electron chi connectivity index (χ4n) is 2.50. The second-order valence-corrected chi connectivity index (χ2v) is 8.06. The molecule has 116 valence electrons. The fourth-order valence-corrected chi connectivity index (χ4v) is 5.07. The Morgan fingerprint density at radius 1 is 1.05 bits per heavy atom. The van der Waals surface area contributed by atoms with Crippen LogP contribution in [0.4, 0.5) is 0 Å². The summed E-state index contributed by atoms with van der Waals surface area (Å²) >= 11 is 0.284. The molecule has 0 amide bonds. The van der Waals surface area contributed by atoms with E-state index < -0.39 is 0 Å². The van der Waals surface area contributed by atoms with E-state index in [0.29, 0.717) is 11.4 Å². The van der Waals surface area contributed by atoms with Crippen LogP contribution in [0.5, 0.6) is 0 Å². The second kappa shape index (κ2) is 7.91. The molecule has 3 atom stereocenters. The molecule has 0 radical (unpaired) electrons. The Morgan fingerprint density at radius 3 is 2.41 bits per heavy atom. The van der Waals surface area contributed by atoms with Crippen LogP contribution in [0.2, 0.25) is 4.82 Å². The molecular weight excluding hydrogens is 343 g/mol. The molecule has 1 saturated heterocycles. The molecular formula is C18H20O3Se. The van der Waals surface area contributed by atoms with Crippen molar-refractivity contribution >= 4 is 19.4 Å². The topological polar surface area (TPSA) is 38.7 Å². The standard InChI is InChI=1S/C18H20O3Se/c19-12-15-11-17(22-16-9-5-2-6-10-16)18(21-15)20-13-14-7-3-1-4-8-14/h1-10,15,17-19H,11-13H2/t15-,17-,18-/m0/s1. The number of hydrogen-bond acceptors (Lipinski definition) is 3. The molecule has 0 saturated carbocycles. The van der Waals surface area contributed by atoms with Gasteiger partial charge in [0, 0.05) is 0 Å². The molecule has 0 spiro atoms. The van der Waals surface area contributed by atoms with E-state index in [1.807, 2.05) is 24.3 Å². The molecule has 1 heterocycles. The summed E-state index contributed by atoms with van der Waals surface area (Å²) in [6.45, 7) is 0.609. The van der Waals surface area contributed by atoms with E-state index in [4.69, 9.17) is 9.47 Å². The van der Waals surface area contributed by atoms with Gasteiger partial charge in [-0.25, -0.2) is 0 Å². The third-order valence-corrected chi connectivity index (χ3v) is 6.26. The van der Waals surface area contributed by atoms with Crippen molar-refractivity contribution in [1.82, 2.24) is 0 Å². The number of aliphatic hydroxyl groups is 1. The van der Waals surface area contributed by atoms with Crippen LogP contribution in [-0.4, -0.2) is 39.1 Å². The zero-order chi connectivity index (χ0) is 15.2. The van der Waals surface area contributed by atoms with Gasteiger partial charge in [0.05, 0.1) is 0 Å². The third kappa shape index (κ3) is 4.19. The average molecular weight is 363 g/mol. The first-order valence-electron chi connectivity index (χ1n) is 7.48. The van der Waals surface area contributed by atoms with Gasteiger partial charge in [-0.1, -0.05) is 0 Å². The Hall–Kier alpha value is -1.16. The molecule has 1 aliphatic rings. The van der Waals surface area contributed by atoms with Gasteiger partial charge in [-0.05, 0) is 0 Å². The van der Waals surface area contributed by atoms with Gasteiger partial charge >= 0.3 is 137 Å². The van der Waals surface area contributed by atoms with Crippen LogP contribution in [0.3, 0.4) is 0 Å². The minimum atomic E-state index is -0.224. The predicted molar refractivity (Wildman–Crippen MR) is 87.2 cm³/mol. The van der Waals surface area contributed by atoms with Crippen molar-refractivity contribution < 1.29 is 14.6 Å². The zero-order valence-electron chi connectivity index (χ0n) is 12.3. The average Bonchev–Trinajstić information content (AvgIpc) is 2.97. The Kier molecular flexibility index (Phi) is 5.65. The van der Waals surface area contributed by atoms with Crippen molar-refractivity contribution in [3.8, 4) is 0 Å². The first-order valence-corrected chi connectivity index (χ1v) is 9.33. The maximum atomic E-state index is 9.38. The summed E-state index contributed by atoms with van der Waals surface area (Å²) in [5, 5.41) is 9.38. The number of aliphatic hydroxyl groups excluding tert-OH is 1. The van der Waals surface area contributed by atoms with Gasteiger partial charge in [0.1, 0.15) is 0 Å². The number of ether oxygens (including phenoxy) is 2. The maximum absolute atomic E-state index is 9.38. The van der Waals surface area contributed by atoms with Crippen LogP contribution in [0.25, 0.3) is 0 Å². The molecule has 3 nitrogen and oxygen atoms in total. The molecule has 1 aliphatic heterocycles. The molecule has 0 aliphatic carbocycles. The van der Waals surface area contributed by atoms with Gasteiger partial charge in [-0.2, -0.15) is 0 Å². The predicted octanol–water partition coefficient (Wildman–Crippen LogP) is 2.13. The molecule has 0 aromatic heterocycles. The van der Waals surface area contributed by atoms with Crippen molar-refractivity contribution in [3.05, 3.63) is 66.2 Å². The Morgan fingerprint density at radius 2 is 1.73 bits per heavy atom. The summed E-state index contributed by atoms with van der Waals surface area (Å²) < 4.78 is 13.2. The Balaban J connectivity index is 1.62. The molecule has 2 aromatic rings. The van der Waals surface area contributed by atoms with E-state index in [1.165, 1.54) is 4.46 Å². The Bertz CT molecular complexity index is 561. The number of rotatable bonds is 6. The van der Waals surface area contributed by atoms with Gasteiger partial charge in [0.2, 0.25) is 0 Å². The molecule has 4 heteroatoms. The van der Waals surface area contributed by atoms with Crippen molar-refractivity contribution in [3.63, 3.8) is 0 Å². The van der Waals surface area contributed by atoms with E-state index in [-0.39, 0.29) is 34.0 Å². The molecule has 22 heavy (non-hydrogen) atoms. The third-order valence-electron chi connectivity index (χ3n) is 3.62. The monoisotopic (exact) mass is 364 g/mol. The van der Waals surface area contributed by atoms with Crippen molar-refractivity contribution in [2.45, 2.75) is 30.2 Å². The summed E-state index contributed by atoms with van der Waals surface area (Å²) in [5.41, 5.74) is 1.14. The van der Waals surface area contributed by atoms with Crippen LogP contribution < -0.4 is 4.46 Å². The summed E-state index contributed by atoms with van der Waals surface area (Å²) in [4.78, 5) is 0.343. The quantitative estimate of drug-likeness (QED) is 0.800. The summed E-state index contributed by atoms with van der Waals surface area (Å²) in [7, 11) is 0. The van der Waals surface area contributed by atoms with Gasteiger partial charge < -0.3 is 0 Å². The van der Waals surface area contributed by atoms with E-state index in [0.717, 1.165) is 12.0 Å². The van der Waals surface area contributed by atoms with Gasteiger partial charge in [0.25, 0.3) is 0 Å². The first-order chi connectivity index (χ1) is 10.8. The molecule has 1 N–H and O–H groups in total. The van der Waals surface area contributed by atoms with Crippen molar-refractivity contribution in [1.29, 1.82) is 0 Å². The van der Waals surface area contributed by atoms with Crippen LogP contribution in [0, 0.1) is 0 Å². The Labute approximate surface area is 137 Å². The number of benzene rings is 2. The van der Waals surface area contributed by atoms with Gasteiger partial charge in [-0.15, -0.1) is 0 Å². The van der Waals surface area contributed by atoms with E-state index in [2.05, 4.69) is 36.4 Å². The van der Waals surface area contributed by atoms with E-state index in [1.54, 1.807) is 0 Å². The summed E-state index contributed by atoms with van der Waals surface area (Å²) in [6, 6.07) is 20.6. The normalized spacial score (nSPS) is 24.5. The van der Waals surface area contributed by atoms with E-state index >= 15 is 0 Å². The molecule has 0 bridgehead atoms. The SMILES string of the molecule is OC[C@@H]1C[C@H]([Se]c2ccccc2)[C@@H](OCc2ccccc2)O1. The van der Waals surface area contributed by atoms with Crippen LogP contribution >= 0.6 is 0 Å². The molecule has 2 aromatic carbocycles. The zero-order valence-corrected chi connectivity index (χ0v) is 14.0. The van der Waals surface area contributed by atoms with Crippen LogP contribution in [-0.2, 0) is 16.1 Å².